The summed E-state index contributed by atoms with van der Waals surface area (Å²) in [5, 5.41) is -2.96. The predicted molar refractivity (Wildman–Crippen MR) is 67.2 cm³/mol. The van der Waals surface area contributed by atoms with Crippen LogP contribution in [0.25, 0.3) is 0 Å². The summed E-state index contributed by atoms with van der Waals surface area (Å²) in [6.07, 6.45) is -1.63. The quantitative estimate of drug-likeness (QED) is 0.543. The molecule has 0 N–H and O–H groups in total. The van der Waals surface area contributed by atoms with E-state index in [1.807, 2.05) is 0 Å². The summed E-state index contributed by atoms with van der Waals surface area (Å²) in [7, 11) is 0. The van der Waals surface area contributed by atoms with E-state index in [-0.39, 0.29) is 6.54 Å². The molecule has 1 amide bonds. The molecular formula is C12H18BF5NO2-. The van der Waals surface area contributed by atoms with Crippen LogP contribution < -0.4 is 0 Å². The largest absolute Gasteiger partial charge is 0.491 e. The predicted octanol–water partition coefficient (Wildman–Crippen LogP) is 3.87. The average molecular weight is 314 g/mol. The lowest BCUT2D eigenvalue weighted by Crippen LogP contribution is -2.47. The van der Waals surface area contributed by atoms with Crippen molar-refractivity contribution in [2.24, 2.45) is 5.41 Å². The molecule has 1 aliphatic carbocycles. The van der Waals surface area contributed by atoms with Gasteiger partial charge in [-0.2, -0.15) is 0 Å². The van der Waals surface area contributed by atoms with Gasteiger partial charge in [0.25, 0.3) is 0 Å². The van der Waals surface area contributed by atoms with Gasteiger partial charge in [-0.25, -0.2) is 13.6 Å². The lowest BCUT2D eigenvalue weighted by molar-refractivity contribution is 0.0116. The highest BCUT2D eigenvalue weighted by Gasteiger charge is 2.93. The molecule has 2 rings (SSSR count). The van der Waals surface area contributed by atoms with Gasteiger partial charge in [0.15, 0.2) is 0 Å². The van der Waals surface area contributed by atoms with Gasteiger partial charge in [0, 0.05) is 23.8 Å². The van der Waals surface area contributed by atoms with Gasteiger partial charge in [-0.3, -0.25) is 0 Å². The fourth-order valence-corrected chi connectivity index (χ4v) is 3.45. The molecule has 1 saturated heterocycles. The van der Waals surface area contributed by atoms with E-state index in [1.54, 1.807) is 20.8 Å². The third-order valence-corrected chi connectivity index (χ3v) is 4.67. The Morgan fingerprint density at radius 2 is 1.76 bits per heavy atom. The number of hydrogen-bond acceptors (Lipinski definition) is 2. The molecule has 1 aliphatic heterocycles. The van der Waals surface area contributed by atoms with Crippen LogP contribution in [0.15, 0.2) is 0 Å². The van der Waals surface area contributed by atoms with E-state index in [0.717, 1.165) is 11.8 Å². The Morgan fingerprint density at radius 1 is 1.24 bits per heavy atom. The van der Waals surface area contributed by atoms with Crippen molar-refractivity contribution >= 4 is 13.1 Å². The van der Waals surface area contributed by atoms with E-state index in [2.05, 4.69) is 0 Å². The summed E-state index contributed by atoms with van der Waals surface area (Å²) in [4.78, 5) is 12.8. The van der Waals surface area contributed by atoms with Crippen molar-refractivity contribution in [1.82, 2.24) is 4.90 Å². The number of carbonyl (C=O) groups excluding carboxylic acids is 1. The van der Waals surface area contributed by atoms with Gasteiger partial charge < -0.3 is 22.6 Å². The number of amides is 1. The topological polar surface area (TPSA) is 29.5 Å². The minimum Gasteiger partial charge on any atom is -0.448 e. The van der Waals surface area contributed by atoms with Gasteiger partial charge in [0.1, 0.15) is 5.60 Å². The molecule has 9 heteroatoms. The Hall–Kier alpha value is -1.02. The highest BCUT2D eigenvalue weighted by atomic mass is 19.4. The molecule has 0 spiro atoms. The molecule has 0 radical (unpaired) electrons. The van der Waals surface area contributed by atoms with Crippen molar-refractivity contribution in [3.8, 4) is 0 Å². The molecule has 2 unspecified atom stereocenters. The number of alkyl halides is 2. The monoisotopic (exact) mass is 314 g/mol. The molecule has 2 aliphatic rings. The second kappa shape index (κ2) is 4.04. The van der Waals surface area contributed by atoms with Crippen LogP contribution in [-0.2, 0) is 4.74 Å². The van der Waals surface area contributed by atoms with Crippen molar-refractivity contribution in [3.63, 3.8) is 0 Å². The molecule has 0 aromatic carbocycles. The van der Waals surface area contributed by atoms with Gasteiger partial charge in [0.05, 0.1) is 0 Å². The normalized spacial score (nSPS) is 35.2. The summed E-state index contributed by atoms with van der Waals surface area (Å²) in [6.45, 7) is -1.00. The van der Waals surface area contributed by atoms with Crippen molar-refractivity contribution in [3.05, 3.63) is 0 Å². The Bertz CT molecular complexity index is 475. The number of rotatable bonds is 1. The third-order valence-electron chi connectivity index (χ3n) is 4.67. The summed E-state index contributed by atoms with van der Waals surface area (Å²) >= 11 is 0. The third kappa shape index (κ3) is 1.95. The van der Waals surface area contributed by atoms with Crippen molar-refractivity contribution in [1.29, 1.82) is 0 Å². The maximum atomic E-state index is 13.9. The molecule has 2 atom stereocenters. The van der Waals surface area contributed by atoms with Crippen LogP contribution >= 0.6 is 0 Å². The first-order chi connectivity index (χ1) is 9.20. The SMILES string of the molecule is CC(C)(C)OC(=O)N1CCC2([B-](F)(F)F)C(F)(F)C2(C)C1. The first-order valence-corrected chi connectivity index (χ1v) is 6.75. The molecule has 3 nitrogen and oxygen atoms in total. The van der Waals surface area contributed by atoms with Crippen molar-refractivity contribution in [2.45, 2.75) is 51.0 Å². The first-order valence-electron chi connectivity index (χ1n) is 6.75. The number of halogens is 5. The Morgan fingerprint density at radius 3 is 2.14 bits per heavy atom. The van der Waals surface area contributed by atoms with Crippen LogP contribution in [0.2, 0.25) is 5.31 Å². The van der Waals surface area contributed by atoms with Gasteiger partial charge in [-0.15, -0.1) is 0 Å². The van der Waals surface area contributed by atoms with E-state index in [9.17, 15) is 26.5 Å². The average Bonchev–Trinajstić information content (AvgIpc) is 2.65. The molecule has 2 fully saturated rings. The zero-order chi connectivity index (χ0) is 16.5. The number of hydrogen-bond donors (Lipinski definition) is 0. The lowest BCUT2D eigenvalue weighted by atomic mass is 9.61. The number of likely N-dealkylation sites (tertiary alicyclic amines) is 1. The lowest BCUT2D eigenvalue weighted by Gasteiger charge is -2.39. The van der Waals surface area contributed by atoms with Crippen LogP contribution in [-0.4, -0.2) is 42.6 Å². The number of piperidine rings is 1. The number of fused-ring (bicyclic) bond motifs is 1. The minimum absolute atomic E-state index is 0.374. The van der Waals surface area contributed by atoms with E-state index in [0.29, 0.717) is 0 Å². The van der Waals surface area contributed by atoms with Crippen LogP contribution in [0.4, 0.5) is 26.5 Å². The van der Waals surface area contributed by atoms with Crippen molar-refractivity contribution in [2.75, 3.05) is 13.1 Å². The van der Waals surface area contributed by atoms with Crippen LogP contribution in [0.5, 0.6) is 0 Å². The first kappa shape index (κ1) is 16.4. The van der Waals surface area contributed by atoms with Gasteiger partial charge in [-0.05, 0) is 27.2 Å². The molecular weight excluding hydrogens is 296 g/mol. The molecule has 0 aromatic heterocycles. The second-order valence-corrected chi connectivity index (χ2v) is 7.10. The fourth-order valence-electron chi connectivity index (χ4n) is 3.45. The van der Waals surface area contributed by atoms with Crippen molar-refractivity contribution < 1.29 is 31.3 Å². The van der Waals surface area contributed by atoms with E-state index >= 15 is 0 Å². The molecule has 1 saturated carbocycles. The van der Waals surface area contributed by atoms with Crippen LogP contribution in [0.1, 0.15) is 34.1 Å². The number of carbonyl (C=O) groups is 1. The minimum atomic E-state index is -5.70. The molecule has 0 aromatic rings. The number of nitrogens with zero attached hydrogens (tertiary/aromatic N) is 1. The van der Waals surface area contributed by atoms with Gasteiger partial charge in [0.2, 0.25) is 5.92 Å². The standard InChI is InChI=1S/C12H18BF5NO2/c1-9(2,3)21-8(20)19-6-5-11(13(16,17)18)10(4,7-19)12(11,14)15/h5-7H2,1-4H3/q-1. The Balaban J connectivity index is 2.21. The van der Waals surface area contributed by atoms with Crippen LogP contribution in [0.3, 0.4) is 0 Å². The Labute approximate surface area is 119 Å². The molecule has 0 bridgehead atoms. The van der Waals surface area contributed by atoms with E-state index in [4.69, 9.17) is 4.74 Å². The zero-order valence-corrected chi connectivity index (χ0v) is 12.4. The highest BCUT2D eigenvalue weighted by Crippen LogP contribution is 2.87. The summed E-state index contributed by atoms with van der Waals surface area (Å²) in [5.41, 5.74) is -3.08. The highest BCUT2D eigenvalue weighted by molar-refractivity contribution is 6.64. The van der Waals surface area contributed by atoms with E-state index < -0.39 is 48.3 Å². The maximum absolute atomic E-state index is 13.9. The second-order valence-electron chi connectivity index (χ2n) is 7.10. The van der Waals surface area contributed by atoms with Gasteiger partial charge >= 0.3 is 13.1 Å². The molecule has 122 valence electrons. The number of ether oxygens (including phenoxy) is 1. The van der Waals surface area contributed by atoms with E-state index in [1.165, 1.54) is 0 Å². The molecule has 1 heterocycles. The smallest absolute Gasteiger partial charge is 0.448 e. The Kier molecular flexibility index (Phi) is 3.15. The fraction of sp³-hybridized carbons (Fsp3) is 0.917. The van der Waals surface area contributed by atoms with Gasteiger partial charge in [-0.1, -0.05) is 6.92 Å². The summed E-state index contributed by atoms with van der Waals surface area (Å²) in [6, 6.07) is 0. The maximum Gasteiger partial charge on any atom is 0.491 e. The summed E-state index contributed by atoms with van der Waals surface area (Å²) in [5.74, 6) is -3.84. The summed E-state index contributed by atoms with van der Waals surface area (Å²) < 4.78 is 72.4. The molecule has 21 heavy (non-hydrogen) atoms. The zero-order valence-electron chi connectivity index (χ0n) is 12.4. The van der Waals surface area contributed by atoms with Crippen LogP contribution in [0, 0.1) is 5.41 Å².